The highest BCUT2D eigenvalue weighted by molar-refractivity contribution is 14.1. The van der Waals surface area contributed by atoms with Gasteiger partial charge in [-0.05, 0) is 52.9 Å². The van der Waals surface area contributed by atoms with E-state index < -0.39 is 0 Å². The molecule has 0 aliphatic carbocycles. The maximum atomic E-state index is 11.3. The zero-order chi connectivity index (χ0) is 15.5. The molecule has 0 atom stereocenters. The summed E-state index contributed by atoms with van der Waals surface area (Å²) in [6.45, 7) is 0. The van der Waals surface area contributed by atoms with Gasteiger partial charge in [-0.25, -0.2) is 4.98 Å². The largest absolute Gasteiger partial charge is 0.436 e. The minimum absolute atomic E-state index is 0.255. The first-order valence-electron chi connectivity index (χ1n) is 6.40. The summed E-state index contributed by atoms with van der Waals surface area (Å²) in [5.74, 6) is 0.255. The Bertz CT molecular complexity index is 873. The third-order valence-corrected chi connectivity index (χ3v) is 4.16. The van der Waals surface area contributed by atoms with E-state index in [0.29, 0.717) is 28.0 Å². The molecule has 110 valence electrons. The number of benzene rings is 2. The molecular formula is C16H10ClIN2O2. The van der Waals surface area contributed by atoms with Crippen molar-refractivity contribution < 1.29 is 9.21 Å². The second-order valence-electron chi connectivity index (χ2n) is 4.47. The normalized spacial score (nSPS) is 11.6. The Hall–Kier alpha value is -1.86. The van der Waals surface area contributed by atoms with Crippen molar-refractivity contribution in [3.8, 4) is 0 Å². The molecule has 22 heavy (non-hydrogen) atoms. The summed E-state index contributed by atoms with van der Waals surface area (Å²) in [5, 5.41) is 3.66. The number of allylic oxidation sites excluding steroid dienone is 1. The molecule has 6 heteroatoms. The average Bonchev–Trinajstić information content (AvgIpc) is 2.92. The minimum atomic E-state index is 0.255. The molecule has 1 N–H and O–H groups in total. The number of aldehydes is 1. The maximum absolute atomic E-state index is 11.3. The first-order valence-corrected chi connectivity index (χ1v) is 7.86. The van der Waals surface area contributed by atoms with Crippen LogP contribution < -0.4 is 5.32 Å². The predicted octanol–water partition coefficient (Wildman–Crippen LogP) is 4.74. The van der Waals surface area contributed by atoms with Gasteiger partial charge in [-0.15, -0.1) is 0 Å². The number of aromatic nitrogens is 1. The van der Waals surface area contributed by atoms with Crippen molar-refractivity contribution in [3.63, 3.8) is 0 Å². The lowest BCUT2D eigenvalue weighted by Crippen LogP contribution is -1.95. The van der Waals surface area contributed by atoms with Crippen molar-refractivity contribution in [1.82, 2.24) is 4.98 Å². The number of halogens is 2. The highest BCUT2D eigenvalue weighted by atomic mass is 127. The Labute approximate surface area is 145 Å². The van der Waals surface area contributed by atoms with Crippen molar-refractivity contribution in [1.29, 1.82) is 0 Å². The number of fused-ring (bicyclic) bond motifs is 1. The van der Waals surface area contributed by atoms with Crippen LogP contribution in [0, 0.1) is 3.57 Å². The van der Waals surface area contributed by atoms with Crippen LogP contribution in [-0.2, 0) is 4.79 Å². The summed E-state index contributed by atoms with van der Waals surface area (Å²) < 4.78 is 6.63. The summed E-state index contributed by atoms with van der Waals surface area (Å²) in [7, 11) is 0. The third-order valence-electron chi connectivity index (χ3n) is 2.98. The number of nitrogens with zero attached hydrogens (tertiary/aromatic N) is 1. The van der Waals surface area contributed by atoms with E-state index in [0.717, 1.165) is 9.26 Å². The molecule has 0 aliphatic heterocycles. The summed E-state index contributed by atoms with van der Waals surface area (Å²) >= 11 is 8.14. The third kappa shape index (κ3) is 3.15. The van der Waals surface area contributed by atoms with Crippen LogP contribution in [-0.4, -0.2) is 11.3 Å². The van der Waals surface area contributed by atoms with Crippen LogP contribution in [0.3, 0.4) is 0 Å². The second kappa shape index (κ2) is 6.50. The van der Waals surface area contributed by atoms with Crippen molar-refractivity contribution in [2.75, 3.05) is 5.32 Å². The van der Waals surface area contributed by atoms with Crippen molar-refractivity contribution in [2.24, 2.45) is 0 Å². The standard InChI is InChI=1S/C16H10ClIN2O2/c17-11-5-6-15-14(7-11)20-16(22-15)10(9-21)8-19-13-4-2-1-3-12(13)18/h1-9,19H/b10-8+. The van der Waals surface area contributed by atoms with Gasteiger partial charge in [0, 0.05) is 14.8 Å². The minimum Gasteiger partial charge on any atom is -0.436 e. The SMILES string of the molecule is O=C/C(=C\Nc1ccccc1I)c1nc2cc(Cl)ccc2o1. The second-order valence-corrected chi connectivity index (χ2v) is 6.07. The number of carbonyl (C=O) groups is 1. The van der Waals surface area contributed by atoms with E-state index in [2.05, 4.69) is 32.9 Å². The molecule has 4 nitrogen and oxygen atoms in total. The fourth-order valence-electron chi connectivity index (χ4n) is 1.90. The van der Waals surface area contributed by atoms with Crippen LogP contribution in [0.25, 0.3) is 16.7 Å². The van der Waals surface area contributed by atoms with Gasteiger partial charge in [-0.1, -0.05) is 23.7 Å². The predicted molar refractivity (Wildman–Crippen MR) is 95.8 cm³/mol. The molecule has 0 saturated carbocycles. The van der Waals surface area contributed by atoms with Gasteiger partial charge in [-0.2, -0.15) is 0 Å². The van der Waals surface area contributed by atoms with Crippen molar-refractivity contribution in [3.05, 3.63) is 63.1 Å². The number of oxazole rings is 1. The van der Waals surface area contributed by atoms with Gasteiger partial charge in [-0.3, -0.25) is 4.79 Å². The molecule has 0 fully saturated rings. The molecule has 0 amide bonds. The van der Waals surface area contributed by atoms with E-state index in [9.17, 15) is 4.79 Å². The maximum Gasteiger partial charge on any atom is 0.232 e. The highest BCUT2D eigenvalue weighted by Crippen LogP contribution is 2.24. The fraction of sp³-hybridized carbons (Fsp3) is 0. The van der Waals surface area contributed by atoms with Crippen LogP contribution in [0.1, 0.15) is 5.89 Å². The van der Waals surface area contributed by atoms with Gasteiger partial charge in [0.1, 0.15) is 5.52 Å². The zero-order valence-electron chi connectivity index (χ0n) is 11.2. The smallest absolute Gasteiger partial charge is 0.232 e. The monoisotopic (exact) mass is 424 g/mol. The number of anilines is 1. The van der Waals surface area contributed by atoms with E-state index in [-0.39, 0.29) is 5.89 Å². The van der Waals surface area contributed by atoms with E-state index in [4.69, 9.17) is 16.0 Å². The molecule has 0 aliphatic rings. The van der Waals surface area contributed by atoms with Gasteiger partial charge in [0.25, 0.3) is 0 Å². The quantitative estimate of drug-likeness (QED) is 0.373. The molecule has 1 heterocycles. The lowest BCUT2D eigenvalue weighted by molar-refractivity contribution is -0.103. The molecule has 0 radical (unpaired) electrons. The number of carbonyl (C=O) groups excluding carboxylic acids is 1. The molecule has 1 aromatic heterocycles. The van der Waals surface area contributed by atoms with Crippen LogP contribution >= 0.6 is 34.2 Å². The number of hydrogen-bond acceptors (Lipinski definition) is 4. The lowest BCUT2D eigenvalue weighted by Gasteiger charge is -2.03. The highest BCUT2D eigenvalue weighted by Gasteiger charge is 2.11. The van der Waals surface area contributed by atoms with E-state index >= 15 is 0 Å². The number of hydrogen-bond donors (Lipinski definition) is 1. The van der Waals surface area contributed by atoms with E-state index in [1.165, 1.54) is 0 Å². The Balaban J connectivity index is 1.93. The first kappa shape index (κ1) is 15.1. The fourth-order valence-corrected chi connectivity index (χ4v) is 2.61. The van der Waals surface area contributed by atoms with Gasteiger partial charge in [0.2, 0.25) is 5.89 Å². The van der Waals surface area contributed by atoms with Gasteiger partial charge >= 0.3 is 0 Å². The van der Waals surface area contributed by atoms with Gasteiger partial charge < -0.3 is 9.73 Å². The molecule has 0 saturated heterocycles. The van der Waals surface area contributed by atoms with Crippen LogP contribution in [0.15, 0.2) is 53.1 Å². The van der Waals surface area contributed by atoms with Crippen molar-refractivity contribution in [2.45, 2.75) is 0 Å². The van der Waals surface area contributed by atoms with E-state index in [1.807, 2.05) is 24.3 Å². The number of para-hydroxylation sites is 1. The number of nitrogens with one attached hydrogen (secondary N) is 1. The van der Waals surface area contributed by atoms with Gasteiger partial charge in [0.15, 0.2) is 11.9 Å². The summed E-state index contributed by atoms with van der Waals surface area (Å²) in [6.07, 6.45) is 2.28. The zero-order valence-corrected chi connectivity index (χ0v) is 14.1. The Morgan fingerprint density at radius 1 is 1.27 bits per heavy atom. The van der Waals surface area contributed by atoms with Crippen LogP contribution in [0.2, 0.25) is 5.02 Å². The number of rotatable bonds is 4. The van der Waals surface area contributed by atoms with Crippen LogP contribution in [0.4, 0.5) is 5.69 Å². The van der Waals surface area contributed by atoms with Crippen LogP contribution in [0.5, 0.6) is 0 Å². The summed E-state index contributed by atoms with van der Waals surface area (Å²) in [4.78, 5) is 15.6. The summed E-state index contributed by atoms with van der Waals surface area (Å²) in [5.41, 5.74) is 2.43. The summed E-state index contributed by atoms with van der Waals surface area (Å²) in [6, 6.07) is 12.9. The first-order chi connectivity index (χ1) is 10.7. The lowest BCUT2D eigenvalue weighted by atomic mass is 10.3. The Kier molecular flexibility index (Phi) is 4.44. The molecule has 0 spiro atoms. The molecule has 0 unspecified atom stereocenters. The molecule has 3 rings (SSSR count). The van der Waals surface area contributed by atoms with Crippen molar-refractivity contribution >= 4 is 62.8 Å². The van der Waals surface area contributed by atoms with Gasteiger partial charge in [0.05, 0.1) is 11.3 Å². The van der Waals surface area contributed by atoms with E-state index in [1.54, 1.807) is 24.4 Å². The Morgan fingerprint density at radius 2 is 2.09 bits per heavy atom. The molecular weight excluding hydrogens is 415 g/mol. The topological polar surface area (TPSA) is 55.1 Å². The molecule has 2 aromatic carbocycles. The molecule has 3 aromatic rings. The Morgan fingerprint density at radius 3 is 2.86 bits per heavy atom. The molecule has 0 bridgehead atoms. The average molecular weight is 425 g/mol.